The second-order valence-electron chi connectivity index (χ2n) is 6.47. The molecule has 1 aliphatic heterocycles. The lowest BCUT2D eigenvalue weighted by atomic mass is 9.98. The lowest BCUT2D eigenvalue weighted by Crippen LogP contribution is -2.52. The molecule has 2 N–H and O–H groups in total. The van der Waals surface area contributed by atoms with E-state index in [-0.39, 0.29) is 31.3 Å². The number of piperidine rings is 1. The number of imide groups is 1. The molecule has 0 aromatic heterocycles. The Bertz CT molecular complexity index is 847. The Morgan fingerprint density at radius 3 is 2.27 bits per heavy atom. The molecule has 1 heterocycles. The van der Waals surface area contributed by atoms with Crippen molar-refractivity contribution >= 4 is 17.9 Å². The zero-order valence-electron chi connectivity index (χ0n) is 14.0. The molecule has 1 aliphatic carbocycles. The summed E-state index contributed by atoms with van der Waals surface area (Å²) in [6.07, 6.45) is -0.157. The minimum absolute atomic E-state index is 0.0325. The maximum atomic E-state index is 12.1. The first-order valence-corrected chi connectivity index (χ1v) is 8.58. The smallest absolute Gasteiger partial charge is 0.407 e. The zero-order valence-corrected chi connectivity index (χ0v) is 14.0. The summed E-state index contributed by atoms with van der Waals surface area (Å²) in [4.78, 5) is 35.0. The van der Waals surface area contributed by atoms with Gasteiger partial charge in [-0.15, -0.1) is 0 Å². The molecular formula is C20H18N2O4. The van der Waals surface area contributed by atoms with Crippen LogP contribution in [0.15, 0.2) is 48.5 Å². The summed E-state index contributed by atoms with van der Waals surface area (Å²) < 4.78 is 5.40. The molecule has 2 aromatic rings. The topological polar surface area (TPSA) is 84.5 Å². The molecule has 0 saturated carbocycles. The summed E-state index contributed by atoms with van der Waals surface area (Å²) in [5.74, 6) is -0.842. The van der Waals surface area contributed by atoms with Crippen LogP contribution in [0, 0.1) is 0 Å². The van der Waals surface area contributed by atoms with Gasteiger partial charge in [0.1, 0.15) is 12.6 Å². The van der Waals surface area contributed by atoms with Crippen molar-refractivity contribution in [3.8, 4) is 11.1 Å². The third-order valence-corrected chi connectivity index (χ3v) is 4.87. The van der Waals surface area contributed by atoms with Gasteiger partial charge in [-0.1, -0.05) is 48.5 Å². The molecule has 1 atom stereocenters. The fraction of sp³-hybridized carbons (Fsp3) is 0.250. The van der Waals surface area contributed by atoms with Gasteiger partial charge < -0.3 is 10.1 Å². The Kier molecular flexibility index (Phi) is 4.16. The largest absolute Gasteiger partial charge is 0.449 e. The van der Waals surface area contributed by atoms with Gasteiger partial charge in [-0.3, -0.25) is 14.9 Å². The van der Waals surface area contributed by atoms with Gasteiger partial charge in [0.25, 0.3) is 0 Å². The lowest BCUT2D eigenvalue weighted by Gasteiger charge is -2.22. The number of rotatable bonds is 3. The predicted molar refractivity (Wildman–Crippen MR) is 94.4 cm³/mol. The van der Waals surface area contributed by atoms with Crippen molar-refractivity contribution in [2.45, 2.75) is 24.8 Å². The second-order valence-corrected chi connectivity index (χ2v) is 6.47. The van der Waals surface area contributed by atoms with Gasteiger partial charge in [0.05, 0.1) is 0 Å². The van der Waals surface area contributed by atoms with E-state index in [9.17, 15) is 14.4 Å². The maximum Gasteiger partial charge on any atom is 0.407 e. The van der Waals surface area contributed by atoms with Crippen LogP contribution in [0.4, 0.5) is 4.79 Å². The number of alkyl carbamates (subject to hydrolysis) is 1. The van der Waals surface area contributed by atoms with Crippen molar-refractivity contribution < 1.29 is 19.1 Å². The van der Waals surface area contributed by atoms with Crippen LogP contribution in [-0.4, -0.2) is 30.6 Å². The molecule has 3 amide bonds. The summed E-state index contributed by atoms with van der Waals surface area (Å²) in [7, 11) is 0. The number of carbonyl (C=O) groups excluding carboxylic acids is 3. The van der Waals surface area contributed by atoms with E-state index in [2.05, 4.69) is 22.8 Å². The first-order valence-electron chi connectivity index (χ1n) is 8.58. The van der Waals surface area contributed by atoms with Gasteiger partial charge in [-0.25, -0.2) is 4.79 Å². The third kappa shape index (κ3) is 2.94. The molecule has 6 nitrogen and oxygen atoms in total. The normalized spacial score (nSPS) is 18.7. The highest BCUT2D eigenvalue weighted by molar-refractivity contribution is 6.01. The van der Waals surface area contributed by atoms with Crippen molar-refractivity contribution in [3.63, 3.8) is 0 Å². The van der Waals surface area contributed by atoms with Crippen LogP contribution in [0.1, 0.15) is 29.9 Å². The molecule has 26 heavy (non-hydrogen) atoms. The Labute approximate surface area is 150 Å². The van der Waals surface area contributed by atoms with E-state index < -0.39 is 18.0 Å². The molecule has 0 radical (unpaired) electrons. The first kappa shape index (κ1) is 16.3. The highest BCUT2D eigenvalue weighted by atomic mass is 16.5. The van der Waals surface area contributed by atoms with Crippen LogP contribution in [-0.2, 0) is 14.3 Å². The van der Waals surface area contributed by atoms with Crippen LogP contribution >= 0.6 is 0 Å². The molecule has 6 heteroatoms. The third-order valence-electron chi connectivity index (χ3n) is 4.87. The zero-order chi connectivity index (χ0) is 18.1. The fourth-order valence-electron chi connectivity index (χ4n) is 3.61. The van der Waals surface area contributed by atoms with Crippen LogP contribution in [0.2, 0.25) is 0 Å². The summed E-state index contributed by atoms with van der Waals surface area (Å²) in [5.41, 5.74) is 4.56. The highest BCUT2D eigenvalue weighted by Gasteiger charge is 2.31. The first-order chi connectivity index (χ1) is 12.6. The van der Waals surface area contributed by atoms with Crippen molar-refractivity contribution in [1.29, 1.82) is 0 Å². The van der Waals surface area contributed by atoms with E-state index in [1.165, 1.54) is 0 Å². The van der Waals surface area contributed by atoms with Gasteiger partial charge >= 0.3 is 6.09 Å². The van der Waals surface area contributed by atoms with Crippen LogP contribution in [0.25, 0.3) is 11.1 Å². The van der Waals surface area contributed by atoms with Crippen molar-refractivity contribution in [1.82, 2.24) is 10.6 Å². The van der Waals surface area contributed by atoms with Gasteiger partial charge in [0.15, 0.2) is 0 Å². The second kappa shape index (κ2) is 6.63. The maximum absolute atomic E-state index is 12.1. The van der Waals surface area contributed by atoms with E-state index in [1.54, 1.807) is 0 Å². The summed E-state index contributed by atoms with van der Waals surface area (Å²) in [6.45, 7) is 0.188. The van der Waals surface area contributed by atoms with Crippen molar-refractivity contribution in [3.05, 3.63) is 59.7 Å². The van der Waals surface area contributed by atoms with Gasteiger partial charge in [-0.05, 0) is 28.7 Å². The quantitative estimate of drug-likeness (QED) is 0.832. The number of hydrogen-bond donors (Lipinski definition) is 2. The molecular weight excluding hydrogens is 332 g/mol. The Balaban J connectivity index is 1.44. The van der Waals surface area contributed by atoms with E-state index >= 15 is 0 Å². The van der Waals surface area contributed by atoms with Crippen LogP contribution < -0.4 is 10.6 Å². The van der Waals surface area contributed by atoms with Gasteiger partial charge in [-0.2, -0.15) is 0 Å². The average Bonchev–Trinajstić information content (AvgIpc) is 2.96. The molecule has 1 saturated heterocycles. The minimum Gasteiger partial charge on any atom is -0.449 e. The minimum atomic E-state index is -0.733. The number of ether oxygens (including phenoxy) is 1. The molecule has 2 aliphatic rings. The van der Waals surface area contributed by atoms with E-state index in [0.717, 1.165) is 22.3 Å². The Hall–Kier alpha value is -3.15. The van der Waals surface area contributed by atoms with E-state index in [1.807, 2.05) is 36.4 Å². The van der Waals surface area contributed by atoms with E-state index in [4.69, 9.17) is 4.74 Å². The summed E-state index contributed by atoms with van der Waals surface area (Å²) >= 11 is 0. The molecule has 0 bridgehead atoms. The Morgan fingerprint density at radius 1 is 1.04 bits per heavy atom. The van der Waals surface area contributed by atoms with Crippen LogP contribution in [0.5, 0.6) is 0 Å². The number of benzene rings is 2. The van der Waals surface area contributed by atoms with Crippen LogP contribution in [0.3, 0.4) is 0 Å². The predicted octanol–water partition coefficient (Wildman–Crippen LogP) is 2.33. The number of amides is 3. The number of fused-ring (bicyclic) bond motifs is 3. The molecule has 132 valence electrons. The van der Waals surface area contributed by atoms with Crippen molar-refractivity contribution in [2.24, 2.45) is 0 Å². The SMILES string of the molecule is O=C1CCC(NC(=O)OCC2c3ccccc3-c3ccccc32)C(=O)N1. The van der Waals surface area contributed by atoms with Gasteiger partial charge in [0, 0.05) is 12.3 Å². The summed E-state index contributed by atoms with van der Waals surface area (Å²) in [6, 6.07) is 15.4. The number of carbonyl (C=O) groups is 3. The summed E-state index contributed by atoms with van der Waals surface area (Å²) in [5, 5.41) is 4.75. The van der Waals surface area contributed by atoms with Crippen molar-refractivity contribution in [2.75, 3.05) is 6.61 Å². The number of hydrogen-bond acceptors (Lipinski definition) is 4. The van der Waals surface area contributed by atoms with E-state index in [0.29, 0.717) is 0 Å². The lowest BCUT2D eigenvalue weighted by molar-refractivity contribution is -0.134. The van der Waals surface area contributed by atoms with Gasteiger partial charge in [0.2, 0.25) is 11.8 Å². The molecule has 2 aromatic carbocycles. The Morgan fingerprint density at radius 2 is 1.65 bits per heavy atom. The average molecular weight is 350 g/mol. The monoisotopic (exact) mass is 350 g/mol. The molecule has 4 rings (SSSR count). The molecule has 0 spiro atoms. The standard InChI is InChI=1S/C20H18N2O4/c23-18-10-9-17(19(24)22-18)21-20(25)26-11-16-14-7-3-1-5-12(14)13-6-2-4-8-15(13)16/h1-8,16-17H,9-11H2,(H,21,25)(H,22,23,24). The molecule has 1 fully saturated rings. The fourth-order valence-corrected chi connectivity index (χ4v) is 3.61. The number of nitrogens with one attached hydrogen (secondary N) is 2. The highest BCUT2D eigenvalue weighted by Crippen LogP contribution is 2.44. The molecule has 1 unspecified atom stereocenters.